The van der Waals surface area contributed by atoms with E-state index in [0.717, 1.165) is 70.9 Å². The summed E-state index contributed by atoms with van der Waals surface area (Å²) in [5.74, 6) is 0. The zero-order valence-electron chi connectivity index (χ0n) is 28.2. The molecule has 0 aliphatic heterocycles. The van der Waals surface area contributed by atoms with E-state index >= 15 is 0 Å². The number of thiophene rings is 1. The fourth-order valence-electron chi connectivity index (χ4n) is 8.50. The molecule has 0 N–H and O–H groups in total. The van der Waals surface area contributed by atoms with E-state index in [4.69, 9.17) is 0 Å². The third-order valence-electron chi connectivity index (χ3n) is 10.8. The monoisotopic (exact) mass is 690 g/mol. The van der Waals surface area contributed by atoms with Crippen LogP contribution in [0.3, 0.4) is 0 Å². The molecule has 0 aliphatic rings. The molecule has 53 heavy (non-hydrogen) atoms. The highest BCUT2D eigenvalue weighted by Crippen LogP contribution is 2.45. The molecule has 0 spiro atoms. The molecule has 0 unspecified atom stereocenters. The maximum atomic E-state index is 11.0. The van der Waals surface area contributed by atoms with Crippen LogP contribution in [-0.2, 0) is 0 Å². The highest BCUT2D eigenvalue weighted by molar-refractivity contribution is 7.26. The fraction of sp³-hybridized carbons (Fsp3) is 0. The Balaban J connectivity index is 1.25. The lowest BCUT2D eigenvalue weighted by atomic mass is 10.0. The van der Waals surface area contributed by atoms with E-state index in [2.05, 4.69) is 155 Å². The fourth-order valence-corrected chi connectivity index (χ4v) is 9.61. The molecule has 0 saturated carbocycles. The summed E-state index contributed by atoms with van der Waals surface area (Å²) in [6, 6.07) is 60.0. The second-order valence-corrected chi connectivity index (χ2v) is 14.6. The van der Waals surface area contributed by atoms with E-state index in [0.29, 0.717) is 22.5 Å². The van der Waals surface area contributed by atoms with Gasteiger partial charge in [0.2, 0.25) is 0 Å². The molecular formula is C48H26N4S. The summed E-state index contributed by atoms with van der Waals surface area (Å²) in [5, 5.41) is 31.0. The minimum absolute atomic E-state index is 0.492. The first-order valence-electron chi connectivity index (χ1n) is 17.6. The maximum Gasteiger partial charge on any atom is 0.101 e. The SMILES string of the molecule is N#Cc1cc(-n2c3ccccc3c3ccc4sc5ccccc5c4c32)c(C#N)cc1-n1c2ccc(-c3ccccc3)cc2c2c3ccccc3ccc21. The number of nitrogens with zero attached hydrogens (tertiary/aromatic N) is 4. The molecule has 8 aromatic carbocycles. The lowest BCUT2D eigenvalue weighted by molar-refractivity contribution is 1.13. The van der Waals surface area contributed by atoms with Crippen molar-refractivity contribution < 1.29 is 0 Å². The standard InChI is InChI=1S/C48H26N4S/c49-27-32-26-43(52-39-16-8-6-14-35(39)36-20-23-45-47(48(36)52)37-15-7-9-17-44(37)53-45)33(28-50)25-42(32)51-40-21-19-31(29-10-2-1-3-11-29)24-38(40)46-34-13-5-4-12-30(34)18-22-41(46)51/h1-26H. The van der Waals surface area contributed by atoms with Gasteiger partial charge in [-0.3, -0.25) is 0 Å². The molecular weight excluding hydrogens is 665 g/mol. The van der Waals surface area contributed by atoms with Gasteiger partial charge in [-0.25, -0.2) is 0 Å². The Labute approximate surface area is 307 Å². The summed E-state index contributed by atoms with van der Waals surface area (Å²) in [6.45, 7) is 0. The lowest BCUT2D eigenvalue weighted by Gasteiger charge is -2.16. The Morgan fingerprint density at radius 2 is 1.08 bits per heavy atom. The Kier molecular flexibility index (Phi) is 6.22. The molecule has 0 amide bonds. The van der Waals surface area contributed by atoms with E-state index in [1.54, 1.807) is 11.3 Å². The zero-order chi connectivity index (χ0) is 35.2. The van der Waals surface area contributed by atoms with Crippen LogP contribution in [0.25, 0.3) is 97.1 Å². The summed E-state index contributed by atoms with van der Waals surface area (Å²) < 4.78 is 6.78. The van der Waals surface area contributed by atoms with Gasteiger partial charge in [-0.1, -0.05) is 109 Å². The van der Waals surface area contributed by atoms with Crippen LogP contribution in [0.1, 0.15) is 11.1 Å². The van der Waals surface area contributed by atoms with Gasteiger partial charge < -0.3 is 9.13 Å². The molecule has 4 nitrogen and oxygen atoms in total. The summed E-state index contributed by atoms with van der Waals surface area (Å²) >= 11 is 1.78. The minimum atomic E-state index is 0.492. The van der Waals surface area contributed by atoms with E-state index < -0.39 is 0 Å². The average molecular weight is 691 g/mol. The van der Waals surface area contributed by atoms with Gasteiger partial charge in [0.15, 0.2) is 0 Å². The summed E-state index contributed by atoms with van der Waals surface area (Å²) in [7, 11) is 0. The predicted molar refractivity (Wildman–Crippen MR) is 220 cm³/mol. The van der Waals surface area contributed by atoms with Gasteiger partial charge in [-0.05, 0) is 70.4 Å². The first-order valence-corrected chi connectivity index (χ1v) is 18.4. The van der Waals surface area contributed by atoms with Crippen molar-refractivity contribution in [2.75, 3.05) is 0 Å². The second kappa shape index (κ2) is 11.2. The highest BCUT2D eigenvalue weighted by atomic mass is 32.1. The van der Waals surface area contributed by atoms with Crippen molar-refractivity contribution in [3.05, 3.63) is 169 Å². The van der Waals surface area contributed by atoms with Gasteiger partial charge in [0.05, 0.1) is 44.6 Å². The molecule has 11 aromatic rings. The Morgan fingerprint density at radius 3 is 1.89 bits per heavy atom. The molecule has 0 atom stereocenters. The third kappa shape index (κ3) is 4.14. The van der Waals surface area contributed by atoms with E-state index in [1.807, 2.05) is 24.3 Å². The Bertz CT molecular complexity index is 3420. The number of nitriles is 2. The maximum absolute atomic E-state index is 11.0. The van der Waals surface area contributed by atoms with Gasteiger partial charge in [-0.15, -0.1) is 11.3 Å². The highest BCUT2D eigenvalue weighted by Gasteiger charge is 2.23. The lowest BCUT2D eigenvalue weighted by Crippen LogP contribution is -2.04. The van der Waals surface area contributed by atoms with Crippen molar-refractivity contribution in [2.24, 2.45) is 0 Å². The normalized spacial score (nSPS) is 11.7. The van der Waals surface area contributed by atoms with Crippen molar-refractivity contribution >= 4 is 85.9 Å². The number of aromatic nitrogens is 2. The van der Waals surface area contributed by atoms with Crippen LogP contribution < -0.4 is 0 Å². The van der Waals surface area contributed by atoms with Gasteiger partial charge in [0.1, 0.15) is 12.1 Å². The Morgan fingerprint density at radius 1 is 0.415 bits per heavy atom. The first kappa shape index (κ1) is 29.5. The smallest absolute Gasteiger partial charge is 0.101 e. The summed E-state index contributed by atoms with van der Waals surface area (Å²) in [6.07, 6.45) is 0. The van der Waals surface area contributed by atoms with Crippen LogP contribution in [0.2, 0.25) is 0 Å². The molecule has 3 heterocycles. The summed E-state index contributed by atoms with van der Waals surface area (Å²) in [5.41, 5.74) is 8.64. The minimum Gasteiger partial charge on any atom is -0.308 e. The topological polar surface area (TPSA) is 57.4 Å². The number of para-hydroxylation sites is 1. The van der Waals surface area contributed by atoms with Crippen LogP contribution in [0.15, 0.2) is 158 Å². The molecule has 11 rings (SSSR count). The number of hydrogen-bond donors (Lipinski definition) is 0. The first-order chi connectivity index (χ1) is 26.2. The van der Waals surface area contributed by atoms with Crippen LogP contribution in [0.5, 0.6) is 0 Å². The molecule has 5 heteroatoms. The Hall–Kier alpha value is -7.18. The molecule has 0 radical (unpaired) electrons. The number of hydrogen-bond acceptors (Lipinski definition) is 3. The number of benzene rings is 8. The van der Waals surface area contributed by atoms with E-state index in [9.17, 15) is 10.5 Å². The summed E-state index contributed by atoms with van der Waals surface area (Å²) in [4.78, 5) is 0. The molecule has 0 aliphatic carbocycles. The average Bonchev–Trinajstić information content (AvgIpc) is 3.88. The van der Waals surface area contributed by atoms with Crippen LogP contribution in [0, 0.1) is 22.7 Å². The molecule has 0 saturated heterocycles. The molecule has 3 aromatic heterocycles. The number of rotatable bonds is 3. The van der Waals surface area contributed by atoms with E-state index in [1.165, 1.54) is 14.8 Å². The van der Waals surface area contributed by atoms with Crippen molar-refractivity contribution in [3.8, 4) is 34.6 Å². The van der Waals surface area contributed by atoms with Gasteiger partial charge in [0, 0.05) is 41.7 Å². The second-order valence-electron chi connectivity index (χ2n) is 13.5. The van der Waals surface area contributed by atoms with Crippen molar-refractivity contribution in [2.45, 2.75) is 0 Å². The van der Waals surface area contributed by atoms with Crippen molar-refractivity contribution in [3.63, 3.8) is 0 Å². The van der Waals surface area contributed by atoms with Crippen LogP contribution >= 0.6 is 11.3 Å². The largest absolute Gasteiger partial charge is 0.308 e. The van der Waals surface area contributed by atoms with Gasteiger partial charge >= 0.3 is 0 Å². The quantitative estimate of drug-likeness (QED) is 0.185. The molecule has 244 valence electrons. The zero-order valence-corrected chi connectivity index (χ0v) is 29.0. The van der Waals surface area contributed by atoms with Crippen molar-refractivity contribution in [1.29, 1.82) is 10.5 Å². The number of fused-ring (bicyclic) bond motifs is 12. The third-order valence-corrected chi connectivity index (χ3v) is 11.9. The predicted octanol–water partition coefficient (Wildman–Crippen LogP) is 12.8. The van der Waals surface area contributed by atoms with Crippen molar-refractivity contribution in [1.82, 2.24) is 9.13 Å². The van der Waals surface area contributed by atoms with Crippen LogP contribution in [0.4, 0.5) is 0 Å². The van der Waals surface area contributed by atoms with E-state index in [-0.39, 0.29) is 0 Å². The van der Waals surface area contributed by atoms with Gasteiger partial charge in [-0.2, -0.15) is 10.5 Å². The molecule has 0 fully saturated rings. The van der Waals surface area contributed by atoms with Gasteiger partial charge in [0.25, 0.3) is 0 Å². The molecule has 0 bridgehead atoms. The van der Waals surface area contributed by atoms with Crippen LogP contribution in [-0.4, -0.2) is 9.13 Å².